The molecular weight excluding hydrogens is 260 g/mol. The highest BCUT2D eigenvalue weighted by Crippen LogP contribution is 2.21. The summed E-state index contributed by atoms with van der Waals surface area (Å²) in [7, 11) is -3.16. The molecule has 0 radical (unpaired) electrons. The predicted molar refractivity (Wildman–Crippen MR) is 77.2 cm³/mol. The third-order valence-corrected chi connectivity index (χ3v) is 5.99. The molecule has 1 aliphatic heterocycles. The fourth-order valence-electron chi connectivity index (χ4n) is 2.97. The standard InChI is InChI=1S/C14H24N2O2S/c1-2-3-10-16-11-6-9-14(12-16)19(17,18)15-13-7-4-5-8-13/h13-15H,4-12H2,1H3/t14-/m0/s1. The van der Waals surface area contributed by atoms with Gasteiger partial charge in [-0.05, 0) is 39.2 Å². The summed E-state index contributed by atoms with van der Waals surface area (Å²) in [6, 6.07) is 0.177. The van der Waals surface area contributed by atoms with E-state index in [2.05, 4.69) is 21.5 Å². The Labute approximate surface area is 117 Å². The van der Waals surface area contributed by atoms with Gasteiger partial charge in [0.2, 0.25) is 10.0 Å². The Morgan fingerprint density at radius 3 is 2.63 bits per heavy atom. The number of likely N-dealkylation sites (tertiary alicyclic amines) is 1. The minimum atomic E-state index is -3.16. The van der Waals surface area contributed by atoms with Crippen molar-refractivity contribution in [1.82, 2.24) is 9.62 Å². The van der Waals surface area contributed by atoms with Crippen LogP contribution in [-0.4, -0.2) is 44.2 Å². The number of hydrogen-bond donors (Lipinski definition) is 1. The Balaban J connectivity index is 1.92. The van der Waals surface area contributed by atoms with E-state index in [0.29, 0.717) is 13.1 Å². The van der Waals surface area contributed by atoms with E-state index in [1.54, 1.807) is 0 Å². The lowest BCUT2D eigenvalue weighted by Crippen LogP contribution is -2.48. The lowest BCUT2D eigenvalue weighted by atomic mass is 10.1. The summed E-state index contributed by atoms with van der Waals surface area (Å²) in [6.07, 6.45) is 6.01. The Kier molecular flexibility index (Phi) is 5.26. The second kappa shape index (κ2) is 6.74. The molecule has 1 heterocycles. The lowest BCUT2D eigenvalue weighted by Gasteiger charge is -2.31. The van der Waals surface area contributed by atoms with Gasteiger partial charge in [0.15, 0.2) is 0 Å². The summed E-state index contributed by atoms with van der Waals surface area (Å²) in [5, 5.41) is -0.263. The predicted octanol–water partition coefficient (Wildman–Crippen LogP) is 1.34. The molecule has 1 saturated heterocycles. The number of hydrogen-bond acceptors (Lipinski definition) is 3. The van der Waals surface area contributed by atoms with Crippen molar-refractivity contribution in [3.63, 3.8) is 0 Å². The summed E-state index contributed by atoms with van der Waals surface area (Å²) in [6.45, 7) is 4.09. The SMILES string of the molecule is CC#CCN1CCC[C@H](S(=O)(=O)NC2CCCC2)C1. The van der Waals surface area contributed by atoms with Gasteiger partial charge in [-0.1, -0.05) is 18.8 Å². The van der Waals surface area contributed by atoms with E-state index in [0.717, 1.165) is 45.1 Å². The van der Waals surface area contributed by atoms with Gasteiger partial charge in [-0.15, -0.1) is 5.92 Å². The molecule has 0 amide bonds. The summed E-state index contributed by atoms with van der Waals surface area (Å²) in [5.74, 6) is 5.89. The third kappa shape index (κ3) is 4.20. The van der Waals surface area contributed by atoms with Crippen molar-refractivity contribution in [2.24, 2.45) is 0 Å². The molecule has 1 N–H and O–H groups in total. The third-order valence-electron chi connectivity index (χ3n) is 4.07. The van der Waals surface area contributed by atoms with Crippen LogP contribution in [0.25, 0.3) is 0 Å². The zero-order chi connectivity index (χ0) is 13.7. The maximum Gasteiger partial charge on any atom is 0.215 e. The number of sulfonamides is 1. The maximum absolute atomic E-state index is 12.4. The summed E-state index contributed by atoms with van der Waals surface area (Å²) < 4.78 is 27.7. The minimum absolute atomic E-state index is 0.177. The van der Waals surface area contributed by atoms with Gasteiger partial charge in [0.1, 0.15) is 0 Å². The minimum Gasteiger partial charge on any atom is -0.291 e. The molecule has 1 atom stereocenters. The summed E-state index contributed by atoms with van der Waals surface area (Å²) in [5.41, 5.74) is 0. The molecule has 0 aromatic rings. The largest absolute Gasteiger partial charge is 0.291 e. The fraction of sp³-hybridized carbons (Fsp3) is 0.857. The maximum atomic E-state index is 12.4. The first-order chi connectivity index (χ1) is 9.12. The van der Waals surface area contributed by atoms with Crippen molar-refractivity contribution >= 4 is 10.0 Å². The second-order valence-electron chi connectivity index (χ2n) is 5.57. The van der Waals surface area contributed by atoms with Gasteiger partial charge in [0.25, 0.3) is 0 Å². The topological polar surface area (TPSA) is 49.4 Å². The van der Waals surface area contributed by atoms with Crippen LogP contribution in [0.1, 0.15) is 45.4 Å². The first-order valence-corrected chi connectivity index (χ1v) is 8.79. The van der Waals surface area contributed by atoms with Crippen LogP contribution in [0, 0.1) is 11.8 Å². The molecule has 0 unspecified atom stereocenters. The average molecular weight is 284 g/mol. The molecular formula is C14H24N2O2S. The van der Waals surface area contributed by atoms with Crippen molar-refractivity contribution in [1.29, 1.82) is 0 Å². The normalized spacial score (nSPS) is 26.1. The van der Waals surface area contributed by atoms with Crippen molar-refractivity contribution in [3.8, 4) is 11.8 Å². The lowest BCUT2D eigenvalue weighted by molar-refractivity contribution is 0.255. The van der Waals surface area contributed by atoms with Crippen LogP contribution in [0.3, 0.4) is 0 Å². The molecule has 0 aromatic carbocycles. The van der Waals surface area contributed by atoms with Crippen LogP contribution in [0.4, 0.5) is 0 Å². The molecule has 2 aliphatic rings. The zero-order valence-electron chi connectivity index (χ0n) is 11.7. The monoisotopic (exact) mass is 284 g/mol. The molecule has 2 rings (SSSR count). The molecule has 1 saturated carbocycles. The summed E-state index contributed by atoms with van der Waals surface area (Å²) in [4.78, 5) is 2.15. The van der Waals surface area contributed by atoms with Crippen LogP contribution in [0.5, 0.6) is 0 Å². The second-order valence-corrected chi connectivity index (χ2v) is 7.56. The van der Waals surface area contributed by atoms with Crippen LogP contribution in [-0.2, 0) is 10.0 Å². The Morgan fingerprint density at radius 2 is 1.95 bits per heavy atom. The molecule has 108 valence electrons. The molecule has 4 nitrogen and oxygen atoms in total. The number of piperidine rings is 1. The number of nitrogens with zero attached hydrogens (tertiary/aromatic N) is 1. The van der Waals surface area contributed by atoms with Crippen LogP contribution in [0.2, 0.25) is 0 Å². The van der Waals surface area contributed by atoms with Gasteiger partial charge in [-0.3, -0.25) is 4.90 Å². The van der Waals surface area contributed by atoms with Crippen molar-refractivity contribution in [2.45, 2.75) is 56.7 Å². The smallest absolute Gasteiger partial charge is 0.215 e. The van der Waals surface area contributed by atoms with Gasteiger partial charge in [0.05, 0.1) is 11.8 Å². The number of nitrogens with one attached hydrogen (secondary N) is 1. The quantitative estimate of drug-likeness (QED) is 0.793. The van der Waals surface area contributed by atoms with E-state index in [-0.39, 0.29) is 11.3 Å². The van der Waals surface area contributed by atoms with Crippen molar-refractivity contribution in [2.75, 3.05) is 19.6 Å². The molecule has 0 aromatic heterocycles. The highest BCUT2D eigenvalue weighted by Gasteiger charge is 2.32. The van der Waals surface area contributed by atoms with E-state index in [4.69, 9.17) is 0 Å². The first kappa shape index (κ1) is 14.8. The molecule has 0 spiro atoms. The number of rotatable bonds is 4. The van der Waals surface area contributed by atoms with Gasteiger partial charge in [-0.25, -0.2) is 13.1 Å². The van der Waals surface area contributed by atoms with Crippen LogP contribution in [0.15, 0.2) is 0 Å². The van der Waals surface area contributed by atoms with E-state index < -0.39 is 10.0 Å². The highest BCUT2D eigenvalue weighted by molar-refractivity contribution is 7.90. The van der Waals surface area contributed by atoms with Crippen molar-refractivity contribution < 1.29 is 8.42 Å². The molecule has 1 aliphatic carbocycles. The van der Waals surface area contributed by atoms with E-state index in [1.165, 1.54) is 0 Å². The zero-order valence-corrected chi connectivity index (χ0v) is 12.5. The Morgan fingerprint density at radius 1 is 1.21 bits per heavy atom. The van der Waals surface area contributed by atoms with E-state index in [1.807, 2.05) is 6.92 Å². The van der Waals surface area contributed by atoms with E-state index in [9.17, 15) is 8.42 Å². The Bertz CT molecular complexity index is 444. The van der Waals surface area contributed by atoms with E-state index >= 15 is 0 Å². The van der Waals surface area contributed by atoms with Gasteiger partial charge >= 0.3 is 0 Å². The van der Waals surface area contributed by atoms with Crippen LogP contribution < -0.4 is 4.72 Å². The fourth-order valence-corrected chi connectivity index (χ4v) is 4.75. The Hall–Kier alpha value is -0.570. The molecule has 2 fully saturated rings. The summed E-state index contributed by atoms with van der Waals surface area (Å²) >= 11 is 0. The average Bonchev–Trinajstić information content (AvgIpc) is 2.89. The highest BCUT2D eigenvalue weighted by atomic mass is 32.2. The molecule has 5 heteroatoms. The van der Waals surface area contributed by atoms with Gasteiger partial charge < -0.3 is 0 Å². The van der Waals surface area contributed by atoms with Gasteiger partial charge in [-0.2, -0.15) is 0 Å². The first-order valence-electron chi connectivity index (χ1n) is 7.25. The molecule has 19 heavy (non-hydrogen) atoms. The van der Waals surface area contributed by atoms with Gasteiger partial charge in [0, 0.05) is 12.6 Å². The molecule has 0 bridgehead atoms. The van der Waals surface area contributed by atoms with Crippen molar-refractivity contribution in [3.05, 3.63) is 0 Å². The van der Waals surface area contributed by atoms with Crippen LogP contribution >= 0.6 is 0 Å².